The zero-order valence-corrected chi connectivity index (χ0v) is 15.4. The van der Waals surface area contributed by atoms with E-state index in [9.17, 15) is 0 Å². The second kappa shape index (κ2) is 6.61. The lowest BCUT2D eigenvalue weighted by Crippen LogP contribution is -2.26. The zero-order chi connectivity index (χ0) is 18.3. The number of aryl methyl sites for hydroxylation is 2. The lowest BCUT2D eigenvalue weighted by molar-refractivity contribution is 0.396. The van der Waals surface area contributed by atoms with Gasteiger partial charge in [-0.1, -0.05) is 6.07 Å². The number of nitrogens with one attached hydrogen (secondary N) is 1. The maximum Gasteiger partial charge on any atom is 0.177 e. The topological polar surface area (TPSA) is 94.3 Å². The third-order valence-corrected chi connectivity index (χ3v) is 5.56. The van der Waals surface area contributed by atoms with Crippen LogP contribution < -0.4 is 16.8 Å². The molecule has 136 valence electrons. The number of nitrogen functional groups attached to an aromatic ring is 1. The number of fused-ring (bicyclic) bond motifs is 1. The minimum atomic E-state index is 0.298. The van der Waals surface area contributed by atoms with Crippen LogP contribution in [-0.2, 0) is 0 Å². The predicted molar refractivity (Wildman–Crippen MR) is 106 cm³/mol. The normalized spacial score (nSPS) is 20.4. The summed E-state index contributed by atoms with van der Waals surface area (Å²) < 4.78 is 1.75. The second-order valence-electron chi connectivity index (χ2n) is 7.41. The zero-order valence-electron chi connectivity index (χ0n) is 15.4. The van der Waals surface area contributed by atoms with Crippen LogP contribution in [0.15, 0.2) is 30.6 Å². The van der Waals surface area contributed by atoms with Gasteiger partial charge in [-0.05, 0) is 68.7 Å². The van der Waals surface area contributed by atoms with Crippen molar-refractivity contribution in [2.45, 2.75) is 51.5 Å². The highest BCUT2D eigenvalue weighted by atomic mass is 15.3. The van der Waals surface area contributed by atoms with E-state index >= 15 is 0 Å². The van der Waals surface area contributed by atoms with Crippen LogP contribution in [0.4, 0.5) is 17.2 Å². The molecule has 0 radical (unpaired) electrons. The number of anilines is 3. The van der Waals surface area contributed by atoms with Gasteiger partial charge in [0.1, 0.15) is 5.82 Å². The monoisotopic (exact) mass is 350 g/mol. The summed E-state index contributed by atoms with van der Waals surface area (Å²) in [6.45, 7) is 4.24. The highest BCUT2D eigenvalue weighted by Crippen LogP contribution is 2.41. The Morgan fingerprint density at radius 3 is 2.62 bits per heavy atom. The van der Waals surface area contributed by atoms with Gasteiger partial charge in [-0.15, -0.1) is 5.10 Å². The maximum absolute atomic E-state index is 6.39. The van der Waals surface area contributed by atoms with Crippen LogP contribution in [0.5, 0.6) is 0 Å². The minimum absolute atomic E-state index is 0.298. The Kier molecular flexibility index (Phi) is 4.28. The number of nitrogens with two attached hydrogens (primary N) is 2. The quantitative estimate of drug-likeness (QED) is 0.670. The summed E-state index contributed by atoms with van der Waals surface area (Å²) in [5.74, 6) is 0.931. The summed E-state index contributed by atoms with van der Waals surface area (Å²) in [5.41, 5.74) is 18.9. The smallest absolute Gasteiger partial charge is 0.177 e. The van der Waals surface area contributed by atoms with Crippen molar-refractivity contribution in [3.63, 3.8) is 0 Å². The molecule has 3 aromatic rings. The van der Waals surface area contributed by atoms with Crippen LogP contribution in [0, 0.1) is 13.8 Å². The number of rotatable bonds is 3. The Bertz CT molecular complexity index is 937. The first-order valence-electron chi connectivity index (χ1n) is 9.25. The Morgan fingerprint density at radius 1 is 1.12 bits per heavy atom. The van der Waals surface area contributed by atoms with Gasteiger partial charge in [0.2, 0.25) is 0 Å². The average Bonchev–Trinajstić information content (AvgIpc) is 3.07. The Labute approximate surface area is 153 Å². The van der Waals surface area contributed by atoms with Gasteiger partial charge < -0.3 is 16.8 Å². The van der Waals surface area contributed by atoms with Gasteiger partial charge in [-0.3, -0.25) is 0 Å². The number of imidazole rings is 1. The van der Waals surface area contributed by atoms with E-state index in [0.717, 1.165) is 48.3 Å². The molecule has 0 spiro atoms. The largest absolute Gasteiger partial charge is 0.382 e. The number of aromatic nitrogens is 3. The Hall–Kier alpha value is -2.60. The van der Waals surface area contributed by atoms with E-state index in [4.69, 9.17) is 11.5 Å². The fraction of sp³-hybridized carbons (Fsp3) is 0.400. The van der Waals surface area contributed by atoms with Crippen LogP contribution in [0.1, 0.15) is 48.3 Å². The highest BCUT2D eigenvalue weighted by Gasteiger charge is 2.27. The van der Waals surface area contributed by atoms with Gasteiger partial charge in [0.05, 0.1) is 5.69 Å². The van der Waals surface area contributed by atoms with E-state index in [0.29, 0.717) is 17.8 Å². The summed E-state index contributed by atoms with van der Waals surface area (Å²) in [7, 11) is 0. The molecule has 1 aromatic carbocycles. The van der Waals surface area contributed by atoms with Crippen molar-refractivity contribution >= 4 is 22.8 Å². The molecule has 1 aliphatic rings. The van der Waals surface area contributed by atoms with E-state index in [-0.39, 0.29) is 0 Å². The van der Waals surface area contributed by atoms with Crippen LogP contribution in [0.2, 0.25) is 0 Å². The predicted octanol–water partition coefficient (Wildman–Crippen LogP) is 3.66. The van der Waals surface area contributed by atoms with Gasteiger partial charge in [0.25, 0.3) is 0 Å². The number of hydrogen-bond acceptors (Lipinski definition) is 5. The van der Waals surface area contributed by atoms with E-state index in [1.807, 2.05) is 6.20 Å². The molecule has 1 saturated carbocycles. The Balaban J connectivity index is 1.81. The van der Waals surface area contributed by atoms with Crippen molar-refractivity contribution in [3.05, 3.63) is 47.3 Å². The first kappa shape index (κ1) is 16.8. The molecule has 5 N–H and O–H groups in total. The van der Waals surface area contributed by atoms with Crippen molar-refractivity contribution in [2.75, 3.05) is 11.1 Å². The molecule has 6 nitrogen and oxygen atoms in total. The molecular weight excluding hydrogens is 324 g/mol. The molecule has 1 aliphatic carbocycles. The fourth-order valence-corrected chi connectivity index (χ4v) is 3.88. The second-order valence-corrected chi connectivity index (χ2v) is 7.41. The molecular formula is C20H26N6. The average molecular weight is 350 g/mol. The minimum Gasteiger partial charge on any atom is -0.382 e. The van der Waals surface area contributed by atoms with Crippen LogP contribution in [0.3, 0.4) is 0 Å². The molecule has 1 fully saturated rings. The molecule has 0 aliphatic heterocycles. The molecule has 26 heavy (non-hydrogen) atoms. The molecule has 0 saturated heterocycles. The first-order valence-corrected chi connectivity index (χ1v) is 9.25. The molecule has 0 unspecified atom stereocenters. The summed E-state index contributed by atoms with van der Waals surface area (Å²) in [4.78, 5) is 4.52. The van der Waals surface area contributed by atoms with Gasteiger partial charge in [0, 0.05) is 29.7 Å². The first-order chi connectivity index (χ1) is 12.5. The van der Waals surface area contributed by atoms with Crippen molar-refractivity contribution in [3.8, 4) is 0 Å². The van der Waals surface area contributed by atoms with Crippen molar-refractivity contribution in [1.82, 2.24) is 14.6 Å². The lowest BCUT2D eigenvalue weighted by Gasteiger charge is -2.28. The Morgan fingerprint density at radius 2 is 1.88 bits per heavy atom. The van der Waals surface area contributed by atoms with Gasteiger partial charge >= 0.3 is 0 Å². The molecule has 2 heterocycles. The molecule has 0 amide bonds. The van der Waals surface area contributed by atoms with E-state index in [2.05, 4.69) is 47.4 Å². The van der Waals surface area contributed by atoms with Gasteiger partial charge in [-0.25, -0.2) is 9.50 Å². The summed E-state index contributed by atoms with van der Waals surface area (Å²) in [6.07, 6.45) is 7.70. The number of hydrogen-bond donors (Lipinski definition) is 3. The van der Waals surface area contributed by atoms with Crippen molar-refractivity contribution in [2.24, 2.45) is 5.73 Å². The van der Waals surface area contributed by atoms with Crippen LogP contribution in [0.25, 0.3) is 5.65 Å². The van der Waals surface area contributed by atoms with Crippen LogP contribution in [-0.4, -0.2) is 20.6 Å². The number of nitrogens with zero attached hydrogens (tertiary/aromatic N) is 3. The highest BCUT2D eigenvalue weighted by molar-refractivity contribution is 5.81. The fourth-order valence-electron chi connectivity index (χ4n) is 3.88. The lowest BCUT2D eigenvalue weighted by atomic mass is 9.81. The molecule has 0 bridgehead atoms. The molecule has 2 aromatic heterocycles. The number of benzene rings is 1. The third-order valence-electron chi connectivity index (χ3n) is 5.56. The molecule has 4 rings (SSSR count). The van der Waals surface area contributed by atoms with Crippen LogP contribution >= 0.6 is 0 Å². The standard InChI is InChI=1S/C20H26N6/c1-12-3-8-16(11-13(12)2)24-18-17(14-4-6-15(21)7-5-14)19(22)25-26-10-9-23-20(18)26/h3,8-11,14-15,24H,4-7,21H2,1-2H3,(H2,22,25)/t14-,15+. The van der Waals surface area contributed by atoms with Gasteiger partial charge in [0.15, 0.2) is 5.65 Å². The molecule has 6 heteroatoms. The van der Waals surface area contributed by atoms with Gasteiger partial charge in [-0.2, -0.15) is 0 Å². The summed E-state index contributed by atoms with van der Waals surface area (Å²) in [5, 5.41) is 8.11. The van der Waals surface area contributed by atoms with Crippen molar-refractivity contribution in [1.29, 1.82) is 0 Å². The van der Waals surface area contributed by atoms with E-state index in [1.54, 1.807) is 10.7 Å². The third kappa shape index (κ3) is 3.01. The van der Waals surface area contributed by atoms with E-state index in [1.165, 1.54) is 11.1 Å². The SMILES string of the molecule is Cc1ccc(Nc2c3nccn3nc(N)c2[C@H]2CC[C@@H](N)CC2)cc1C. The van der Waals surface area contributed by atoms with E-state index < -0.39 is 0 Å². The summed E-state index contributed by atoms with van der Waals surface area (Å²) in [6, 6.07) is 6.68. The molecule has 0 atom stereocenters. The summed E-state index contributed by atoms with van der Waals surface area (Å²) >= 11 is 0. The maximum atomic E-state index is 6.39. The van der Waals surface area contributed by atoms with Crippen molar-refractivity contribution < 1.29 is 0 Å².